The molecule has 3 atom stereocenters. The summed E-state index contributed by atoms with van der Waals surface area (Å²) in [6.07, 6.45) is 1.10. The third-order valence-corrected chi connectivity index (χ3v) is 6.56. The first-order valence-electron chi connectivity index (χ1n) is 11.8. The highest BCUT2D eigenvalue weighted by Crippen LogP contribution is 2.37. The van der Waals surface area contributed by atoms with Crippen LogP contribution in [0, 0.1) is 11.8 Å². The van der Waals surface area contributed by atoms with E-state index in [1.165, 1.54) is 0 Å². The van der Waals surface area contributed by atoms with Gasteiger partial charge in [0.15, 0.2) is 23.0 Å². The lowest BCUT2D eigenvalue weighted by molar-refractivity contribution is -0.143. The first kappa shape index (κ1) is 24.5. The van der Waals surface area contributed by atoms with Crippen LogP contribution in [-0.2, 0) is 29.0 Å². The summed E-state index contributed by atoms with van der Waals surface area (Å²) in [6, 6.07) is 21.7. The third kappa shape index (κ3) is 5.70. The van der Waals surface area contributed by atoms with E-state index in [9.17, 15) is 4.79 Å². The van der Waals surface area contributed by atoms with Gasteiger partial charge in [-0.25, -0.2) is 0 Å². The molecule has 1 fully saturated rings. The Morgan fingerprint density at radius 2 is 1.31 bits per heavy atom. The summed E-state index contributed by atoms with van der Waals surface area (Å²) in [7, 11) is 4.86. The zero-order valence-corrected chi connectivity index (χ0v) is 20.7. The molecule has 1 heterocycles. The SMILES string of the molecule is COc1ccc(CC2C(C)OC(=O)C2Cc2ccc(OCc3ccccc3)c(OC)c2)cc1OC. The average molecular weight is 477 g/mol. The van der Waals surface area contributed by atoms with Crippen molar-refractivity contribution in [3.63, 3.8) is 0 Å². The van der Waals surface area contributed by atoms with E-state index in [2.05, 4.69) is 0 Å². The molecule has 3 aromatic carbocycles. The van der Waals surface area contributed by atoms with Gasteiger partial charge in [-0.1, -0.05) is 42.5 Å². The standard InChI is InChI=1S/C29H32O6/c1-19-23(14-21-10-12-25(31-2)27(16-21)32-3)24(29(30)35-19)15-22-11-13-26(28(17-22)33-4)34-18-20-8-6-5-7-9-20/h5-13,16-17,19,23-24H,14-15,18H2,1-4H3. The normalized spacial score (nSPS) is 19.2. The van der Waals surface area contributed by atoms with Gasteiger partial charge in [-0.2, -0.15) is 0 Å². The molecule has 0 aromatic heterocycles. The molecule has 1 aliphatic heterocycles. The molecule has 0 amide bonds. The molecule has 3 unspecified atom stereocenters. The van der Waals surface area contributed by atoms with Crippen molar-refractivity contribution >= 4 is 5.97 Å². The van der Waals surface area contributed by atoms with Crippen LogP contribution in [0.2, 0.25) is 0 Å². The number of ether oxygens (including phenoxy) is 5. The minimum absolute atomic E-state index is 0.0422. The van der Waals surface area contributed by atoms with Crippen LogP contribution in [0.5, 0.6) is 23.0 Å². The first-order chi connectivity index (χ1) is 17.0. The van der Waals surface area contributed by atoms with Crippen molar-refractivity contribution in [3.05, 3.63) is 83.4 Å². The van der Waals surface area contributed by atoms with E-state index in [-0.39, 0.29) is 23.9 Å². The molecule has 0 spiro atoms. The van der Waals surface area contributed by atoms with E-state index in [1.54, 1.807) is 21.3 Å². The van der Waals surface area contributed by atoms with Gasteiger partial charge in [0, 0.05) is 5.92 Å². The molecule has 6 nitrogen and oxygen atoms in total. The summed E-state index contributed by atoms with van der Waals surface area (Å²) in [6.45, 7) is 2.42. The topological polar surface area (TPSA) is 63.2 Å². The summed E-state index contributed by atoms with van der Waals surface area (Å²) < 4.78 is 28.0. The predicted molar refractivity (Wildman–Crippen MR) is 133 cm³/mol. The highest BCUT2D eigenvalue weighted by Gasteiger charge is 2.42. The fourth-order valence-corrected chi connectivity index (χ4v) is 4.63. The molecule has 0 saturated carbocycles. The van der Waals surface area contributed by atoms with E-state index in [0.717, 1.165) is 16.7 Å². The quantitative estimate of drug-likeness (QED) is 0.372. The Kier molecular flexibility index (Phi) is 7.80. The van der Waals surface area contributed by atoms with Gasteiger partial charge < -0.3 is 23.7 Å². The maximum atomic E-state index is 12.8. The molecule has 0 aliphatic carbocycles. The summed E-state index contributed by atoms with van der Waals surface area (Å²) >= 11 is 0. The van der Waals surface area contributed by atoms with Gasteiger partial charge in [-0.05, 0) is 60.7 Å². The Morgan fingerprint density at radius 3 is 1.97 bits per heavy atom. The van der Waals surface area contributed by atoms with Crippen LogP contribution in [0.4, 0.5) is 0 Å². The van der Waals surface area contributed by atoms with Crippen molar-refractivity contribution in [2.45, 2.75) is 32.5 Å². The molecule has 0 N–H and O–H groups in total. The number of hydrogen-bond acceptors (Lipinski definition) is 6. The smallest absolute Gasteiger partial charge is 0.309 e. The Bertz CT molecular complexity index is 1140. The van der Waals surface area contributed by atoms with Gasteiger partial charge in [-0.15, -0.1) is 0 Å². The fraction of sp³-hybridized carbons (Fsp3) is 0.345. The summed E-state index contributed by atoms with van der Waals surface area (Å²) in [5.41, 5.74) is 3.16. The molecule has 35 heavy (non-hydrogen) atoms. The van der Waals surface area contributed by atoms with E-state index in [1.807, 2.05) is 73.7 Å². The van der Waals surface area contributed by atoms with Gasteiger partial charge >= 0.3 is 5.97 Å². The number of esters is 1. The number of rotatable bonds is 10. The molecular weight excluding hydrogens is 444 g/mol. The highest BCUT2D eigenvalue weighted by molar-refractivity contribution is 5.75. The zero-order chi connectivity index (χ0) is 24.8. The average Bonchev–Trinajstić information content (AvgIpc) is 3.15. The lowest BCUT2D eigenvalue weighted by Crippen LogP contribution is -2.23. The van der Waals surface area contributed by atoms with Crippen LogP contribution < -0.4 is 18.9 Å². The molecule has 1 saturated heterocycles. The van der Waals surface area contributed by atoms with Crippen LogP contribution in [0.15, 0.2) is 66.7 Å². The third-order valence-electron chi connectivity index (χ3n) is 6.56. The van der Waals surface area contributed by atoms with Gasteiger partial charge in [0.05, 0.1) is 27.2 Å². The number of carbonyl (C=O) groups excluding carboxylic acids is 1. The summed E-state index contributed by atoms with van der Waals surface area (Å²) in [5, 5.41) is 0. The van der Waals surface area contributed by atoms with Crippen LogP contribution in [0.25, 0.3) is 0 Å². The van der Waals surface area contributed by atoms with Crippen LogP contribution in [-0.4, -0.2) is 33.4 Å². The van der Waals surface area contributed by atoms with E-state index >= 15 is 0 Å². The van der Waals surface area contributed by atoms with Gasteiger partial charge in [0.2, 0.25) is 0 Å². The van der Waals surface area contributed by atoms with Crippen LogP contribution in [0.1, 0.15) is 23.6 Å². The van der Waals surface area contributed by atoms with Crippen molar-refractivity contribution in [2.24, 2.45) is 11.8 Å². The van der Waals surface area contributed by atoms with Crippen molar-refractivity contribution in [1.82, 2.24) is 0 Å². The number of benzene rings is 3. The maximum absolute atomic E-state index is 12.8. The first-order valence-corrected chi connectivity index (χ1v) is 11.8. The predicted octanol–water partition coefficient (Wildman–Crippen LogP) is 5.25. The van der Waals surface area contributed by atoms with Crippen molar-refractivity contribution in [1.29, 1.82) is 0 Å². The molecule has 1 aliphatic rings. The zero-order valence-electron chi connectivity index (χ0n) is 20.7. The minimum atomic E-state index is -0.251. The Labute approximate surface area is 206 Å². The van der Waals surface area contributed by atoms with E-state index in [0.29, 0.717) is 42.4 Å². The van der Waals surface area contributed by atoms with Gasteiger partial charge in [-0.3, -0.25) is 4.79 Å². The van der Waals surface area contributed by atoms with Gasteiger partial charge in [0.25, 0.3) is 0 Å². The lowest BCUT2D eigenvalue weighted by atomic mass is 9.82. The molecule has 6 heteroatoms. The molecule has 0 bridgehead atoms. The van der Waals surface area contributed by atoms with Crippen LogP contribution >= 0.6 is 0 Å². The molecule has 0 radical (unpaired) electrons. The second-order valence-corrected chi connectivity index (χ2v) is 8.77. The van der Waals surface area contributed by atoms with Gasteiger partial charge in [0.1, 0.15) is 12.7 Å². The van der Waals surface area contributed by atoms with E-state index < -0.39 is 0 Å². The van der Waals surface area contributed by atoms with Crippen molar-refractivity contribution < 1.29 is 28.5 Å². The number of hydrogen-bond donors (Lipinski definition) is 0. The Balaban J connectivity index is 1.48. The molecule has 3 aromatic rings. The molecule has 184 valence electrons. The van der Waals surface area contributed by atoms with Crippen molar-refractivity contribution in [3.8, 4) is 23.0 Å². The fourth-order valence-electron chi connectivity index (χ4n) is 4.63. The lowest BCUT2D eigenvalue weighted by Gasteiger charge is -2.20. The Hall–Kier alpha value is -3.67. The number of cyclic esters (lactones) is 1. The van der Waals surface area contributed by atoms with E-state index in [4.69, 9.17) is 23.7 Å². The maximum Gasteiger partial charge on any atom is 0.309 e. The number of methoxy groups -OCH3 is 3. The summed E-state index contributed by atoms with van der Waals surface area (Å²) in [5.74, 6) is 2.31. The summed E-state index contributed by atoms with van der Waals surface area (Å²) in [4.78, 5) is 12.8. The molecular formula is C29H32O6. The molecule has 4 rings (SSSR count). The van der Waals surface area contributed by atoms with Crippen molar-refractivity contribution in [2.75, 3.05) is 21.3 Å². The largest absolute Gasteiger partial charge is 0.493 e. The number of carbonyl (C=O) groups is 1. The second kappa shape index (κ2) is 11.2. The Morgan fingerprint density at radius 1 is 0.714 bits per heavy atom. The monoisotopic (exact) mass is 476 g/mol. The highest BCUT2D eigenvalue weighted by atomic mass is 16.6. The van der Waals surface area contributed by atoms with Crippen LogP contribution in [0.3, 0.4) is 0 Å². The second-order valence-electron chi connectivity index (χ2n) is 8.77. The minimum Gasteiger partial charge on any atom is -0.493 e.